The van der Waals surface area contributed by atoms with Crippen molar-refractivity contribution >= 4 is 5.91 Å². The van der Waals surface area contributed by atoms with Gasteiger partial charge in [-0.2, -0.15) is 5.10 Å². The zero-order valence-electron chi connectivity index (χ0n) is 16.6. The molecule has 0 radical (unpaired) electrons. The minimum absolute atomic E-state index is 0.260. The number of pyridine rings is 1. The summed E-state index contributed by atoms with van der Waals surface area (Å²) in [5.41, 5.74) is 2.95. The van der Waals surface area contributed by atoms with Crippen molar-refractivity contribution in [2.75, 3.05) is 13.1 Å². The highest BCUT2D eigenvalue weighted by atomic mass is 16.2. The van der Waals surface area contributed by atoms with E-state index in [0.29, 0.717) is 12.0 Å². The van der Waals surface area contributed by atoms with E-state index in [1.807, 2.05) is 48.8 Å². The maximum Gasteiger partial charge on any atom is 0.227 e. The molecular weight excluding hydrogens is 324 g/mol. The summed E-state index contributed by atoms with van der Waals surface area (Å²) >= 11 is 0. The van der Waals surface area contributed by atoms with Gasteiger partial charge in [0.05, 0.1) is 11.4 Å². The van der Waals surface area contributed by atoms with E-state index in [-0.39, 0.29) is 11.3 Å². The molecule has 1 aliphatic heterocycles. The zero-order valence-corrected chi connectivity index (χ0v) is 16.6. The molecule has 0 aliphatic carbocycles. The van der Waals surface area contributed by atoms with Crippen LogP contribution in [0.25, 0.3) is 11.4 Å². The highest BCUT2D eigenvalue weighted by Crippen LogP contribution is 2.27. The van der Waals surface area contributed by atoms with Crippen molar-refractivity contribution in [3.63, 3.8) is 0 Å². The number of carbonyl (C=O) groups is 1. The van der Waals surface area contributed by atoms with Crippen molar-refractivity contribution in [1.29, 1.82) is 0 Å². The van der Waals surface area contributed by atoms with Gasteiger partial charge in [0.15, 0.2) is 0 Å². The SMILES string of the molecule is CC(C)n1nccc1-c1ccc(C[C@@H]2CCN(C(=O)C(C)(C)C)C2)cn1. The van der Waals surface area contributed by atoms with Crippen molar-refractivity contribution in [3.8, 4) is 11.4 Å². The Morgan fingerprint density at radius 3 is 2.65 bits per heavy atom. The quantitative estimate of drug-likeness (QED) is 0.835. The topological polar surface area (TPSA) is 51.0 Å². The Hall–Kier alpha value is -2.17. The predicted molar refractivity (Wildman–Crippen MR) is 104 cm³/mol. The molecule has 2 aromatic heterocycles. The number of carbonyl (C=O) groups excluding carboxylic acids is 1. The Morgan fingerprint density at radius 2 is 2.04 bits per heavy atom. The van der Waals surface area contributed by atoms with E-state index in [0.717, 1.165) is 37.3 Å². The largest absolute Gasteiger partial charge is 0.342 e. The van der Waals surface area contributed by atoms with Crippen LogP contribution in [0.5, 0.6) is 0 Å². The molecule has 3 rings (SSSR count). The summed E-state index contributed by atoms with van der Waals surface area (Å²) in [6.07, 6.45) is 5.85. The van der Waals surface area contributed by atoms with E-state index >= 15 is 0 Å². The predicted octanol–water partition coefficient (Wildman–Crippen LogP) is 3.96. The van der Waals surface area contributed by atoms with Crippen LogP contribution in [0.4, 0.5) is 0 Å². The molecule has 0 spiro atoms. The van der Waals surface area contributed by atoms with Gasteiger partial charge in [0.25, 0.3) is 0 Å². The fraction of sp³-hybridized carbons (Fsp3) is 0.571. The Bertz CT molecular complexity index is 755. The molecule has 0 aromatic carbocycles. The minimum atomic E-state index is -0.294. The lowest BCUT2D eigenvalue weighted by molar-refractivity contribution is -0.138. The molecule has 1 aliphatic rings. The monoisotopic (exact) mass is 354 g/mol. The minimum Gasteiger partial charge on any atom is -0.342 e. The smallest absolute Gasteiger partial charge is 0.227 e. The third-order valence-electron chi connectivity index (χ3n) is 4.99. The third-order valence-corrected chi connectivity index (χ3v) is 4.99. The third kappa shape index (κ3) is 3.97. The van der Waals surface area contributed by atoms with Crippen molar-refractivity contribution in [1.82, 2.24) is 19.7 Å². The maximum absolute atomic E-state index is 12.4. The zero-order chi connectivity index (χ0) is 18.9. The van der Waals surface area contributed by atoms with E-state index in [2.05, 4.69) is 36.1 Å². The Kier molecular flexibility index (Phi) is 5.17. The maximum atomic E-state index is 12.4. The van der Waals surface area contributed by atoms with E-state index in [1.54, 1.807) is 0 Å². The normalized spacial score (nSPS) is 17.9. The molecule has 5 nitrogen and oxygen atoms in total. The van der Waals surface area contributed by atoms with Gasteiger partial charge >= 0.3 is 0 Å². The standard InChI is InChI=1S/C21H30N4O/c1-15(2)25-19(8-10-23-25)18-7-6-16(13-22-18)12-17-9-11-24(14-17)20(26)21(3,4)5/h6-8,10,13,15,17H,9,11-12,14H2,1-5H3/t17-/m0/s1. The fourth-order valence-electron chi connectivity index (χ4n) is 3.62. The summed E-state index contributed by atoms with van der Waals surface area (Å²) in [5.74, 6) is 0.783. The van der Waals surface area contributed by atoms with E-state index in [9.17, 15) is 4.79 Å². The van der Waals surface area contributed by atoms with Crippen LogP contribution in [0, 0.1) is 11.3 Å². The highest BCUT2D eigenvalue weighted by Gasteiger charge is 2.32. The van der Waals surface area contributed by atoms with Gasteiger partial charge < -0.3 is 4.90 Å². The number of hydrogen-bond acceptors (Lipinski definition) is 3. The molecule has 1 amide bonds. The average molecular weight is 354 g/mol. The highest BCUT2D eigenvalue weighted by molar-refractivity contribution is 5.81. The molecule has 0 saturated carbocycles. The Morgan fingerprint density at radius 1 is 1.27 bits per heavy atom. The molecule has 1 saturated heterocycles. The number of hydrogen-bond donors (Lipinski definition) is 0. The first-order valence-electron chi connectivity index (χ1n) is 9.54. The molecule has 26 heavy (non-hydrogen) atoms. The molecule has 140 valence electrons. The number of rotatable bonds is 4. The Labute approximate surface area is 156 Å². The lowest BCUT2D eigenvalue weighted by atomic mass is 9.95. The van der Waals surface area contributed by atoms with Crippen LogP contribution < -0.4 is 0 Å². The number of amides is 1. The van der Waals surface area contributed by atoms with Crippen LogP contribution in [0.1, 0.15) is 52.6 Å². The lowest BCUT2D eigenvalue weighted by Gasteiger charge is -2.25. The van der Waals surface area contributed by atoms with E-state index in [1.165, 1.54) is 5.56 Å². The molecule has 0 unspecified atom stereocenters. The van der Waals surface area contributed by atoms with Gasteiger partial charge in [-0.1, -0.05) is 26.8 Å². The second-order valence-corrected chi connectivity index (χ2v) is 8.67. The second kappa shape index (κ2) is 7.22. The summed E-state index contributed by atoms with van der Waals surface area (Å²) in [6, 6.07) is 6.56. The van der Waals surface area contributed by atoms with Crippen LogP contribution >= 0.6 is 0 Å². The summed E-state index contributed by atoms with van der Waals surface area (Å²) in [4.78, 5) is 19.1. The van der Waals surface area contributed by atoms with E-state index < -0.39 is 0 Å². The molecular formula is C21H30N4O. The van der Waals surface area contributed by atoms with Crippen LogP contribution in [-0.2, 0) is 11.2 Å². The van der Waals surface area contributed by atoms with Gasteiger partial charge in [0.1, 0.15) is 0 Å². The number of aromatic nitrogens is 3. The molecule has 1 atom stereocenters. The van der Waals surface area contributed by atoms with Gasteiger partial charge in [0, 0.05) is 36.9 Å². The van der Waals surface area contributed by atoms with Crippen molar-refractivity contribution in [3.05, 3.63) is 36.2 Å². The summed E-state index contributed by atoms with van der Waals surface area (Å²) < 4.78 is 2.00. The number of nitrogens with zero attached hydrogens (tertiary/aromatic N) is 4. The Balaban J connectivity index is 1.64. The molecule has 2 aromatic rings. The summed E-state index contributed by atoms with van der Waals surface area (Å²) in [7, 11) is 0. The molecule has 3 heterocycles. The molecule has 0 N–H and O–H groups in total. The van der Waals surface area contributed by atoms with Gasteiger partial charge in [-0.15, -0.1) is 0 Å². The molecule has 0 bridgehead atoms. The van der Waals surface area contributed by atoms with Crippen LogP contribution in [0.15, 0.2) is 30.6 Å². The van der Waals surface area contributed by atoms with Gasteiger partial charge in [0.2, 0.25) is 5.91 Å². The molecule has 5 heteroatoms. The first-order chi connectivity index (χ1) is 12.3. The number of likely N-dealkylation sites (tertiary alicyclic amines) is 1. The summed E-state index contributed by atoms with van der Waals surface area (Å²) in [5, 5.41) is 4.38. The van der Waals surface area contributed by atoms with Crippen LogP contribution in [-0.4, -0.2) is 38.7 Å². The fourth-order valence-corrected chi connectivity index (χ4v) is 3.62. The van der Waals surface area contributed by atoms with Crippen molar-refractivity contribution < 1.29 is 4.79 Å². The second-order valence-electron chi connectivity index (χ2n) is 8.67. The summed E-state index contributed by atoms with van der Waals surface area (Å²) in [6.45, 7) is 12.0. The van der Waals surface area contributed by atoms with Crippen LogP contribution in [0.2, 0.25) is 0 Å². The van der Waals surface area contributed by atoms with Crippen molar-refractivity contribution in [2.45, 2.75) is 53.5 Å². The van der Waals surface area contributed by atoms with Gasteiger partial charge in [-0.3, -0.25) is 14.5 Å². The van der Waals surface area contributed by atoms with Crippen molar-refractivity contribution in [2.24, 2.45) is 11.3 Å². The van der Waals surface area contributed by atoms with Crippen LogP contribution in [0.3, 0.4) is 0 Å². The average Bonchev–Trinajstić information content (AvgIpc) is 3.23. The first kappa shape index (κ1) is 18.6. The van der Waals surface area contributed by atoms with E-state index in [4.69, 9.17) is 0 Å². The molecule has 1 fully saturated rings. The van der Waals surface area contributed by atoms with Gasteiger partial charge in [-0.05, 0) is 50.3 Å². The van der Waals surface area contributed by atoms with Gasteiger partial charge in [-0.25, -0.2) is 0 Å². The first-order valence-corrected chi connectivity index (χ1v) is 9.54. The lowest BCUT2D eigenvalue weighted by Crippen LogP contribution is -2.38.